The zero-order chi connectivity index (χ0) is 20.5. The number of aromatic amines is 1. The molecular weight excluding hydrogens is 382 g/mol. The number of hydrogen-bond donors (Lipinski definition) is 2. The number of nitrogens with one attached hydrogen (secondary N) is 2. The molecule has 0 radical (unpaired) electrons. The summed E-state index contributed by atoms with van der Waals surface area (Å²) in [6, 6.07) is 2.85. The van der Waals surface area contributed by atoms with E-state index in [1.54, 1.807) is 19.9 Å². The van der Waals surface area contributed by atoms with Crippen LogP contribution in [0.5, 0.6) is 0 Å². The number of hydroxylamine groups is 1. The Labute approximate surface area is 162 Å². The molecule has 1 aliphatic heterocycles. The number of rotatable bonds is 7. The van der Waals surface area contributed by atoms with Gasteiger partial charge in [0.1, 0.15) is 5.56 Å². The van der Waals surface area contributed by atoms with Crippen LogP contribution in [0.4, 0.5) is 0 Å². The van der Waals surface area contributed by atoms with E-state index >= 15 is 0 Å². The number of aryl methyl sites for hydroxylation is 1. The monoisotopic (exact) mass is 403 g/mol. The van der Waals surface area contributed by atoms with Gasteiger partial charge >= 0.3 is 0 Å². The summed E-state index contributed by atoms with van der Waals surface area (Å²) in [6.07, 6.45) is 4.42. The molecule has 0 atom stereocenters. The van der Waals surface area contributed by atoms with Gasteiger partial charge in [-0.25, -0.2) is 8.42 Å². The van der Waals surface area contributed by atoms with Crippen molar-refractivity contribution in [2.45, 2.75) is 25.3 Å². The Kier molecular flexibility index (Phi) is 5.39. The molecule has 0 saturated heterocycles. The highest BCUT2D eigenvalue weighted by Crippen LogP contribution is 2.33. The van der Waals surface area contributed by atoms with Crippen molar-refractivity contribution in [3.05, 3.63) is 69.7 Å². The van der Waals surface area contributed by atoms with Crippen LogP contribution in [0.25, 0.3) is 5.70 Å². The molecule has 3 rings (SSSR count). The molecule has 2 heterocycles. The van der Waals surface area contributed by atoms with Crippen molar-refractivity contribution in [3.63, 3.8) is 0 Å². The Morgan fingerprint density at radius 2 is 2.14 bits per heavy atom. The Hall–Kier alpha value is -2.91. The van der Waals surface area contributed by atoms with Crippen LogP contribution in [0.2, 0.25) is 0 Å². The van der Waals surface area contributed by atoms with Crippen molar-refractivity contribution >= 4 is 21.3 Å². The SMILES string of the molecule is C=CCONC1=CCS(=O)(=O)c2ccc(C(=O)c3c[nH]n(CC)c3=O)c(C)c21. The zero-order valence-electron chi connectivity index (χ0n) is 15.6. The molecule has 0 fully saturated rings. The van der Waals surface area contributed by atoms with Crippen molar-refractivity contribution in [2.24, 2.45) is 0 Å². The quantitative estimate of drug-likeness (QED) is 0.314. The first kappa shape index (κ1) is 19.8. The lowest BCUT2D eigenvalue weighted by molar-refractivity contribution is 0.102. The molecule has 2 N–H and O–H groups in total. The highest BCUT2D eigenvalue weighted by molar-refractivity contribution is 7.91. The maximum absolute atomic E-state index is 13.0. The molecule has 0 unspecified atom stereocenters. The van der Waals surface area contributed by atoms with Crippen LogP contribution in [0.1, 0.15) is 34.0 Å². The van der Waals surface area contributed by atoms with E-state index in [2.05, 4.69) is 17.2 Å². The van der Waals surface area contributed by atoms with Crippen LogP contribution in [0.3, 0.4) is 0 Å². The standard InChI is InChI=1S/C19H21N3O5S/c1-4-9-27-21-15-8-10-28(25,26)16-7-6-13(12(3)17(15)16)18(23)14-11-20-22(5-2)19(14)24/h4,6-8,11,20-21H,1,5,9-10H2,2-3H3. The normalized spacial score (nSPS) is 14.9. The van der Waals surface area contributed by atoms with Crippen LogP contribution in [-0.2, 0) is 21.2 Å². The van der Waals surface area contributed by atoms with Gasteiger partial charge in [0.05, 0.1) is 23.0 Å². The first-order valence-electron chi connectivity index (χ1n) is 8.70. The van der Waals surface area contributed by atoms with Gasteiger partial charge in [0, 0.05) is 23.9 Å². The van der Waals surface area contributed by atoms with Crippen molar-refractivity contribution in [2.75, 3.05) is 12.4 Å². The number of H-pyrrole nitrogens is 1. The largest absolute Gasteiger partial charge is 0.302 e. The summed E-state index contributed by atoms with van der Waals surface area (Å²) in [5.74, 6) is -0.644. The molecule has 0 bridgehead atoms. The highest BCUT2D eigenvalue weighted by Gasteiger charge is 2.29. The molecule has 0 aliphatic carbocycles. The van der Waals surface area contributed by atoms with E-state index in [1.165, 1.54) is 29.1 Å². The number of carbonyl (C=O) groups excluding carboxylic acids is 1. The van der Waals surface area contributed by atoms with Crippen molar-refractivity contribution < 1.29 is 18.0 Å². The van der Waals surface area contributed by atoms with Gasteiger partial charge in [0.15, 0.2) is 15.6 Å². The van der Waals surface area contributed by atoms with Gasteiger partial charge in [-0.15, -0.1) is 6.58 Å². The predicted molar refractivity (Wildman–Crippen MR) is 105 cm³/mol. The predicted octanol–water partition coefficient (Wildman–Crippen LogP) is 1.57. The van der Waals surface area contributed by atoms with Gasteiger partial charge in [-0.05, 0) is 37.6 Å². The first-order valence-corrected chi connectivity index (χ1v) is 10.4. The molecule has 8 nitrogen and oxygen atoms in total. The highest BCUT2D eigenvalue weighted by atomic mass is 32.2. The number of ketones is 1. The van der Waals surface area contributed by atoms with Gasteiger partial charge < -0.3 is 5.10 Å². The minimum Gasteiger partial charge on any atom is -0.302 e. The van der Waals surface area contributed by atoms with E-state index in [-0.39, 0.29) is 28.4 Å². The zero-order valence-corrected chi connectivity index (χ0v) is 16.4. The second kappa shape index (κ2) is 7.61. The summed E-state index contributed by atoms with van der Waals surface area (Å²) < 4.78 is 26.3. The Balaban J connectivity index is 2.11. The van der Waals surface area contributed by atoms with Crippen molar-refractivity contribution in [3.8, 4) is 0 Å². The van der Waals surface area contributed by atoms with Gasteiger partial charge in [-0.3, -0.25) is 24.6 Å². The summed E-state index contributed by atoms with van der Waals surface area (Å²) in [6.45, 7) is 7.62. The van der Waals surface area contributed by atoms with Crippen LogP contribution in [0.15, 0.2) is 46.8 Å². The lowest BCUT2D eigenvalue weighted by atomic mass is 9.95. The topological polar surface area (TPSA) is 110 Å². The number of benzene rings is 1. The van der Waals surface area contributed by atoms with E-state index in [4.69, 9.17) is 4.84 Å². The Morgan fingerprint density at radius 3 is 2.79 bits per heavy atom. The second-order valence-electron chi connectivity index (χ2n) is 6.28. The molecule has 0 amide bonds. The summed E-state index contributed by atoms with van der Waals surface area (Å²) in [5, 5.41) is 2.75. The van der Waals surface area contributed by atoms with Crippen LogP contribution in [0, 0.1) is 6.92 Å². The molecule has 1 aromatic carbocycles. The van der Waals surface area contributed by atoms with Gasteiger partial charge in [0.25, 0.3) is 5.56 Å². The summed E-state index contributed by atoms with van der Waals surface area (Å²) in [5.41, 5.74) is 3.85. The molecular formula is C19H21N3O5S. The fourth-order valence-electron chi connectivity index (χ4n) is 3.13. The minimum atomic E-state index is -3.52. The fourth-order valence-corrected chi connectivity index (χ4v) is 4.55. The summed E-state index contributed by atoms with van der Waals surface area (Å²) in [4.78, 5) is 30.7. The molecule has 9 heteroatoms. The van der Waals surface area contributed by atoms with Gasteiger partial charge in [-0.1, -0.05) is 6.08 Å². The molecule has 148 valence electrons. The number of nitrogens with zero attached hydrogens (tertiary/aromatic N) is 1. The third-order valence-electron chi connectivity index (χ3n) is 4.57. The third kappa shape index (κ3) is 3.34. The van der Waals surface area contributed by atoms with E-state index in [0.29, 0.717) is 23.4 Å². The number of sulfone groups is 1. The lowest BCUT2D eigenvalue weighted by Gasteiger charge is -2.22. The van der Waals surface area contributed by atoms with Crippen LogP contribution >= 0.6 is 0 Å². The van der Waals surface area contributed by atoms with Gasteiger partial charge in [-0.2, -0.15) is 0 Å². The van der Waals surface area contributed by atoms with E-state index in [9.17, 15) is 18.0 Å². The Morgan fingerprint density at radius 1 is 1.39 bits per heavy atom. The maximum atomic E-state index is 13.0. The second-order valence-corrected chi connectivity index (χ2v) is 8.28. The maximum Gasteiger partial charge on any atom is 0.277 e. The number of fused-ring (bicyclic) bond motifs is 1. The third-order valence-corrected chi connectivity index (χ3v) is 6.18. The minimum absolute atomic E-state index is 0.00460. The van der Waals surface area contributed by atoms with Crippen LogP contribution < -0.4 is 11.0 Å². The van der Waals surface area contributed by atoms with E-state index < -0.39 is 21.2 Å². The molecule has 0 saturated carbocycles. The van der Waals surface area contributed by atoms with E-state index in [1.807, 2.05) is 0 Å². The fraction of sp³-hybridized carbons (Fsp3) is 0.263. The average Bonchev–Trinajstić information content (AvgIpc) is 3.04. The number of aromatic nitrogens is 2. The number of carbonyl (C=O) groups is 1. The summed E-state index contributed by atoms with van der Waals surface area (Å²) in [7, 11) is -3.52. The molecule has 0 spiro atoms. The lowest BCUT2D eigenvalue weighted by Crippen LogP contribution is -2.24. The molecule has 2 aromatic rings. The molecule has 1 aliphatic rings. The first-order chi connectivity index (χ1) is 13.3. The van der Waals surface area contributed by atoms with Crippen molar-refractivity contribution in [1.82, 2.24) is 15.3 Å². The average molecular weight is 403 g/mol. The molecule has 28 heavy (non-hydrogen) atoms. The number of hydrogen-bond acceptors (Lipinski definition) is 6. The Bertz CT molecular complexity index is 1140. The van der Waals surface area contributed by atoms with E-state index in [0.717, 1.165) is 0 Å². The smallest absolute Gasteiger partial charge is 0.277 e. The van der Waals surface area contributed by atoms with Crippen LogP contribution in [-0.4, -0.2) is 36.3 Å². The summed E-state index contributed by atoms with van der Waals surface area (Å²) >= 11 is 0. The molecule has 1 aromatic heterocycles. The van der Waals surface area contributed by atoms with Crippen molar-refractivity contribution in [1.29, 1.82) is 0 Å². The van der Waals surface area contributed by atoms with Gasteiger partial charge in [0.2, 0.25) is 0 Å².